The lowest BCUT2D eigenvalue weighted by molar-refractivity contribution is -0.297. The van der Waals surface area contributed by atoms with Gasteiger partial charge in [0.05, 0.1) is 12.7 Å². The Hall–Kier alpha value is -1.47. The second-order valence-electron chi connectivity index (χ2n) is 7.52. The molecule has 2 rings (SSSR count). The number of carbonyl (C=O) groups is 1. The van der Waals surface area contributed by atoms with Crippen molar-refractivity contribution >= 4 is 5.78 Å². The van der Waals surface area contributed by atoms with Crippen LogP contribution in [0, 0.1) is 0 Å². The van der Waals surface area contributed by atoms with Crippen LogP contribution in [0.1, 0.15) is 22.8 Å². The molecule has 1 aliphatic heterocycles. The topological polar surface area (TPSA) is 100 Å². The van der Waals surface area contributed by atoms with Gasteiger partial charge in [0, 0.05) is 40.4 Å². The molecule has 0 unspecified atom stereocenters. The second kappa shape index (κ2) is 15.4. The predicted octanol–water partition coefficient (Wildman–Crippen LogP) is 1.79. The summed E-state index contributed by atoms with van der Waals surface area (Å²) in [6.45, 7) is 1.90. The fourth-order valence-electron chi connectivity index (χ4n) is 3.83. The Morgan fingerprint density at radius 2 is 1.33 bits per heavy atom. The summed E-state index contributed by atoms with van der Waals surface area (Å²) in [6, 6.07) is 7.43. The first-order chi connectivity index (χ1) is 16.1. The van der Waals surface area contributed by atoms with Crippen LogP contribution in [0.5, 0.6) is 0 Å². The Labute approximate surface area is 195 Å². The fraction of sp³-hybridized carbons (Fsp3) is 0.696. The smallest absolute Gasteiger partial charge is 0.160 e. The van der Waals surface area contributed by atoms with E-state index in [4.69, 9.17) is 42.6 Å². The van der Waals surface area contributed by atoms with E-state index in [9.17, 15) is 4.79 Å². The number of benzene rings is 1. The molecular weight excluding hydrogens is 436 g/mol. The van der Waals surface area contributed by atoms with Crippen LogP contribution in [0.4, 0.5) is 0 Å². The number of methoxy groups -OCH3 is 4. The zero-order chi connectivity index (χ0) is 24.1. The van der Waals surface area contributed by atoms with E-state index >= 15 is 0 Å². The number of carbonyl (C=O) groups excluding carboxylic acids is 1. The number of ketones is 1. The van der Waals surface area contributed by atoms with Crippen molar-refractivity contribution in [3.63, 3.8) is 0 Å². The highest BCUT2D eigenvalue weighted by atomic mass is 16.7. The fourth-order valence-corrected chi connectivity index (χ4v) is 3.83. The summed E-state index contributed by atoms with van der Waals surface area (Å²) in [5, 5.41) is 0. The van der Waals surface area contributed by atoms with Gasteiger partial charge < -0.3 is 42.6 Å². The summed E-state index contributed by atoms with van der Waals surface area (Å²) in [5.41, 5.74) is 1.48. The maximum Gasteiger partial charge on any atom is 0.160 e. The van der Waals surface area contributed by atoms with Gasteiger partial charge in [-0.2, -0.15) is 0 Å². The molecule has 5 atom stereocenters. The van der Waals surface area contributed by atoms with Gasteiger partial charge in [0.2, 0.25) is 0 Å². The minimum Gasteiger partial charge on any atom is -0.367 e. The first-order valence-corrected chi connectivity index (χ1v) is 10.7. The lowest BCUT2D eigenvalue weighted by Gasteiger charge is -2.46. The number of ether oxygens (including phenoxy) is 9. The summed E-state index contributed by atoms with van der Waals surface area (Å²) in [6.07, 6.45) is -2.35. The Morgan fingerprint density at radius 3 is 1.91 bits per heavy atom. The SMILES string of the molecule is COCOC[C@H]1O[C@@H](Cc2ccccc2C(C)=O)[C@H](OCOC)[C@@H](OCOC)[C@@H]1OCOC. The lowest BCUT2D eigenvalue weighted by Crippen LogP contribution is -2.62. The van der Waals surface area contributed by atoms with Crippen LogP contribution in [0.3, 0.4) is 0 Å². The molecule has 0 spiro atoms. The average Bonchev–Trinajstić information content (AvgIpc) is 2.81. The van der Waals surface area contributed by atoms with Gasteiger partial charge in [-0.05, 0) is 12.5 Å². The molecule has 0 saturated carbocycles. The largest absolute Gasteiger partial charge is 0.367 e. The van der Waals surface area contributed by atoms with E-state index in [0.717, 1.165) is 5.56 Å². The van der Waals surface area contributed by atoms with Crippen molar-refractivity contribution in [1.29, 1.82) is 0 Å². The van der Waals surface area contributed by atoms with E-state index in [2.05, 4.69) is 0 Å². The predicted molar refractivity (Wildman–Crippen MR) is 117 cm³/mol. The third kappa shape index (κ3) is 8.36. The quantitative estimate of drug-likeness (QED) is 0.201. The molecule has 0 radical (unpaired) electrons. The van der Waals surface area contributed by atoms with Gasteiger partial charge >= 0.3 is 0 Å². The van der Waals surface area contributed by atoms with Crippen molar-refractivity contribution in [3.8, 4) is 0 Å². The highest BCUT2D eigenvalue weighted by Crippen LogP contribution is 2.31. The molecular formula is C23H36O10. The van der Waals surface area contributed by atoms with E-state index in [-0.39, 0.29) is 39.6 Å². The third-order valence-corrected chi connectivity index (χ3v) is 5.17. The molecule has 33 heavy (non-hydrogen) atoms. The van der Waals surface area contributed by atoms with Crippen LogP contribution in [0.25, 0.3) is 0 Å². The van der Waals surface area contributed by atoms with E-state index in [0.29, 0.717) is 12.0 Å². The van der Waals surface area contributed by atoms with Crippen LogP contribution in [0.2, 0.25) is 0 Å². The summed E-state index contributed by atoms with van der Waals surface area (Å²) in [4.78, 5) is 12.2. The molecule has 0 aliphatic carbocycles. The molecule has 1 fully saturated rings. The van der Waals surface area contributed by atoms with Gasteiger partial charge in [-0.25, -0.2) is 0 Å². The first-order valence-electron chi connectivity index (χ1n) is 10.7. The van der Waals surface area contributed by atoms with E-state index in [1.807, 2.05) is 18.2 Å². The summed E-state index contributed by atoms with van der Waals surface area (Å²) >= 11 is 0. The van der Waals surface area contributed by atoms with Crippen LogP contribution >= 0.6 is 0 Å². The van der Waals surface area contributed by atoms with Crippen LogP contribution in [-0.4, -0.2) is 98.5 Å². The minimum absolute atomic E-state index is 0.0206. The van der Waals surface area contributed by atoms with Crippen molar-refractivity contribution in [2.45, 2.75) is 43.9 Å². The summed E-state index contributed by atoms with van der Waals surface area (Å²) in [7, 11) is 6.15. The summed E-state index contributed by atoms with van der Waals surface area (Å²) in [5.74, 6) is -0.0239. The number of hydrogen-bond acceptors (Lipinski definition) is 10. The molecule has 188 valence electrons. The minimum atomic E-state index is -0.588. The van der Waals surface area contributed by atoms with Crippen molar-refractivity contribution in [3.05, 3.63) is 35.4 Å². The second-order valence-corrected chi connectivity index (χ2v) is 7.52. The maximum atomic E-state index is 12.2. The Morgan fingerprint density at radius 1 is 0.788 bits per heavy atom. The van der Waals surface area contributed by atoms with Crippen LogP contribution in [-0.2, 0) is 49.1 Å². The molecule has 1 aliphatic rings. The Balaban J connectivity index is 2.38. The standard InChI is InChI=1S/C23H36O10/c1-16(24)18-9-7-6-8-17(18)10-19-21(30-13-26-3)23(32-15-28-5)22(31-14-27-4)20(33-19)11-29-12-25-2/h6-9,19-23H,10-15H2,1-5H3/t19-,20+,21-,22+,23+/m0/s1. The molecule has 1 aromatic rings. The normalized spacial score (nSPS) is 25.3. The first kappa shape index (κ1) is 27.8. The van der Waals surface area contributed by atoms with E-state index in [1.54, 1.807) is 20.1 Å². The molecule has 0 amide bonds. The zero-order valence-corrected chi connectivity index (χ0v) is 20.0. The highest BCUT2D eigenvalue weighted by Gasteiger charge is 2.48. The molecule has 10 heteroatoms. The maximum absolute atomic E-state index is 12.2. The number of rotatable bonds is 16. The molecule has 10 nitrogen and oxygen atoms in total. The van der Waals surface area contributed by atoms with Gasteiger partial charge in [-0.1, -0.05) is 24.3 Å². The van der Waals surface area contributed by atoms with Crippen molar-refractivity contribution in [2.75, 3.05) is 62.2 Å². The molecule has 1 heterocycles. The van der Waals surface area contributed by atoms with Gasteiger partial charge in [0.15, 0.2) is 5.78 Å². The van der Waals surface area contributed by atoms with Gasteiger partial charge in [0.1, 0.15) is 51.6 Å². The number of Topliss-reactive ketones (excluding diaryl/α,β-unsaturated/α-hetero) is 1. The van der Waals surface area contributed by atoms with Gasteiger partial charge in [0.25, 0.3) is 0 Å². The van der Waals surface area contributed by atoms with E-state index in [1.165, 1.54) is 21.3 Å². The van der Waals surface area contributed by atoms with Crippen LogP contribution in [0.15, 0.2) is 24.3 Å². The van der Waals surface area contributed by atoms with Gasteiger partial charge in [-0.15, -0.1) is 0 Å². The average molecular weight is 473 g/mol. The van der Waals surface area contributed by atoms with Crippen molar-refractivity contribution < 1.29 is 47.4 Å². The molecule has 0 N–H and O–H groups in total. The molecule has 1 saturated heterocycles. The monoisotopic (exact) mass is 472 g/mol. The molecule has 1 aromatic carbocycles. The van der Waals surface area contributed by atoms with Crippen molar-refractivity contribution in [2.24, 2.45) is 0 Å². The molecule has 0 aromatic heterocycles. The van der Waals surface area contributed by atoms with Gasteiger partial charge in [-0.3, -0.25) is 4.79 Å². The lowest BCUT2D eigenvalue weighted by atomic mass is 9.89. The highest BCUT2D eigenvalue weighted by molar-refractivity contribution is 5.95. The third-order valence-electron chi connectivity index (χ3n) is 5.17. The molecule has 0 bridgehead atoms. The zero-order valence-electron chi connectivity index (χ0n) is 20.0. The van der Waals surface area contributed by atoms with E-state index < -0.39 is 30.5 Å². The van der Waals surface area contributed by atoms with Crippen molar-refractivity contribution in [1.82, 2.24) is 0 Å². The summed E-state index contributed by atoms with van der Waals surface area (Å²) < 4.78 is 50.4. The Bertz CT molecular complexity index is 685. The Kier molecular flexibility index (Phi) is 13.0. The number of hydrogen-bond donors (Lipinski definition) is 0. The van der Waals surface area contributed by atoms with Crippen LogP contribution < -0.4 is 0 Å².